The Morgan fingerprint density at radius 1 is 1.22 bits per heavy atom. The second-order valence-corrected chi connectivity index (χ2v) is 4.01. The van der Waals surface area contributed by atoms with Crippen LogP contribution in [0.5, 0.6) is 0 Å². The first kappa shape index (κ1) is 7.80. The van der Waals surface area contributed by atoms with E-state index < -0.39 is 0 Å². The SMILES string of the molecule is S[C]1CCCC(S)CC1. The van der Waals surface area contributed by atoms with Crippen molar-refractivity contribution in [3.05, 3.63) is 5.25 Å². The predicted molar refractivity (Wildman–Crippen MR) is 48.1 cm³/mol. The van der Waals surface area contributed by atoms with Gasteiger partial charge >= 0.3 is 0 Å². The maximum Gasteiger partial charge on any atom is 0.0274 e. The Bertz CT molecular complexity index is 73.0. The quantitative estimate of drug-likeness (QED) is 0.396. The van der Waals surface area contributed by atoms with Crippen molar-refractivity contribution in [2.24, 2.45) is 0 Å². The van der Waals surface area contributed by atoms with Crippen LogP contribution in [0, 0.1) is 5.25 Å². The number of thiol groups is 2. The van der Waals surface area contributed by atoms with Gasteiger partial charge in [-0.25, -0.2) is 0 Å². The minimum atomic E-state index is 0.634. The van der Waals surface area contributed by atoms with Gasteiger partial charge in [0.05, 0.1) is 0 Å². The molecular weight excluding hydrogens is 148 g/mol. The van der Waals surface area contributed by atoms with Gasteiger partial charge < -0.3 is 0 Å². The molecule has 0 aromatic rings. The molecule has 0 aliphatic heterocycles. The molecule has 2 heteroatoms. The first-order valence-corrected chi connectivity index (χ1v) is 4.47. The molecule has 1 radical (unpaired) electrons. The van der Waals surface area contributed by atoms with Crippen LogP contribution in [-0.2, 0) is 0 Å². The normalized spacial score (nSPS) is 32.0. The molecular formula is C7H13S2. The van der Waals surface area contributed by atoms with Crippen LogP contribution in [0.4, 0.5) is 0 Å². The lowest BCUT2D eigenvalue weighted by Gasteiger charge is -2.03. The Morgan fingerprint density at radius 3 is 2.78 bits per heavy atom. The molecule has 1 fully saturated rings. The molecule has 0 aromatic heterocycles. The van der Waals surface area contributed by atoms with Crippen LogP contribution >= 0.6 is 25.3 Å². The first-order chi connectivity index (χ1) is 4.29. The van der Waals surface area contributed by atoms with Crippen molar-refractivity contribution in [3.8, 4) is 0 Å². The zero-order chi connectivity index (χ0) is 6.69. The Morgan fingerprint density at radius 2 is 2.00 bits per heavy atom. The summed E-state index contributed by atoms with van der Waals surface area (Å²) in [4.78, 5) is 0. The fourth-order valence-electron chi connectivity index (χ4n) is 1.14. The van der Waals surface area contributed by atoms with Gasteiger partial charge in [-0.2, -0.15) is 25.3 Å². The third kappa shape index (κ3) is 2.85. The molecule has 1 atom stereocenters. The average Bonchev–Trinajstić information content (AvgIpc) is 1.97. The van der Waals surface area contributed by atoms with Crippen molar-refractivity contribution in [2.75, 3.05) is 0 Å². The lowest BCUT2D eigenvalue weighted by atomic mass is 10.2. The average molecular weight is 161 g/mol. The molecule has 1 rings (SSSR count). The minimum Gasteiger partial charge on any atom is -0.176 e. The fourth-order valence-corrected chi connectivity index (χ4v) is 1.74. The zero-order valence-electron chi connectivity index (χ0n) is 5.51. The van der Waals surface area contributed by atoms with Crippen LogP contribution in [-0.4, -0.2) is 5.25 Å². The third-order valence-corrected chi connectivity index (χ3v) is 2.73. The highest BCUT2D eigenvalue weighted by Gasteiger charge is 2.13. The van der Waals surface area contributed by atoms with Gasteiger partial charge in [-0.1, -0.05) is 6.42 Å². The second kappa shape index (κ2) is 3.77. The van der Waals surface area contributed by atoms with E-state index in [-0.39, 0.29) is 0 Å². The van der Waals surface area contributed by atoms with Crippen molar-refractivity contribution in [1.29, 1.82) is 0 Å². The topological polar surface area (TPSA) is 0 Å². The summed E-state index contributed by atoms with van der Waals surface area (Å²) < 4.78 is 0. The van der Waals surface area contributed by atoms with Crippen molar-refractivity contribution in [3.63, 3.8) is 0 Å². The van der Waals surface area contributed by atoms with E-state index in [1.165, 1.54) is 37.4 Å². The van der Waals surface area contributed by atoms with Crippen LogP contribution in [0.1, 0.15) is 32.1 Å². The van der Waals surface area contributed by atoms with Gasteiger partial charge in [0, 0.05) is 10.5 Å². The van der Waals surface area contributed by atoms with Crippen LogP contribution < -0.4 is 0 Å². The third-order valence-electron chi connectivity index (χ3n) is 1.77. The standard InChI is InChI=1S/C7H13S2/c8-6-2-1-3-7(9)5-4-6/h6,8-9H,1-5H2. The van der Waals surface area contributed by atoms with Crippen molar-refractivity contribution in [2.45, 2.75) is 37.4 Å². The molecule has 0 spiro atoms. The van der Waals surface area contributed by atoms with Gasteiger partial charge in [0.15, 0.2) is 0 Å². The van der Waals surface area contributed by atoms with E-state index in [0.717, 1.165) is 0 Å². The molecule has 9 heavy (non-hydrogen) atoms. The first-order valence-electron chi connectivity index (χ1n) is 3.51. The predicted octanol–water partition coefficient (Wildman–Crippen LogP) is 2.71. The van der Waals surface area contributed by atoms with Crippen molar-refractivity contribution in [1.82, 2.24) is 0 Å². The molecule has 0 saturated heterocycles. The van der Waals surface area contributed by atoms with E-state index in [4.69, 9.17) is 0 Å². The van der Waals surface area contributed by atoms with Gasteiger partial charge in [-0.15, -0.1) is 0 Å². The summed E-state index contributed by atoms with van der Waals surface area (Å²) in [5.74, 6) is 0. The maximum absolute atomic E-state index is 4.42. The fraction of sp³-hybridized carbons (Fsp3) is 0.857. The van der Waals surface area contributed by atoms with E-state index in [9.17, 15) is 0 Å². The lowest BCUT2D eigenvalue weighted by Crippen LogP contribution is -1.93. The van der Waals surface area contributed by atoms with Gasteiger partial charge in [0.25, 0.3) is 0 Å². The molecule has 1 unspecified atom stereocenters. The van der Waals surface area contributed by atoms with Gasteiger partial charge in [0.2, 0.25) is 0 Å². The molecule has 1 aliphatic carbocycles. The van der Waals surface area contributed by atoms with E-state index in [0.29, 0.717) is 5.25 Å². The molecule has 0 amide bonds. The van der Waals surface area contributed by atoms with Gasteiger partial charge in [0.1, 0.15) is 0 Å². The van der Waals surface area contributed by atoms with E-state index in [1.807, 2.05) is 0 Å². The number of hydrogen-bond acceptors (Lipinski definition) is 2. The summed E-state index contributed by atoms with van der Waals surface area (Å²) in [5, 5.41) is 2.00. The van der Waals surface area contributed by atoms with Crippen LogP contribution in [0.2, 0.25) is 0 Å². The number of rotatable bonds is 0. The Labute approximate surface area is 68.2 Å². The van der Waals surface area contributed by atoms with Crippen molar-refractivity contribution < 1.29 is 0 Å². The van der Waals surface area contributed by atoms with E-state index in [2.05, 4.69) is 25.3 Å². The van der Waals surface area contributed by atoms with E-state index >= 15 is 0 Å². The smallest absolute Gasteiger partial charge is 0.0274 e. The van der Waals surface area contributed by atoms with Crippen LogP contribution in [0.25, 0.3) is 0 Å². The second-order valence-electron chi connectivity index (χ2n) is 2.65. The molecule has 0 nitrogen and oxygen atoms in total. The monoisotopic (exact) mass is 161 g/mol. The maximum atomic E-state index is 4.42. The van der Waals surface area contributed by atoms with E-state index in [1.54, 1.807) is 0 Å². The molecule has 0 aromatic carbocycles. The molecule has 0 bridgehead atoms. The Kier molecular flexibility index (Phi) is 3.27. The molecule has 1 saturated carbocycles. The molecule has 0 heterocycles. The molecule has 53 valence electrons. The van der Waals surface area contributed by atoms with Gasteiger partial charge in [-0.3, -0.25) is 0 Å². The summed E-state index contributed by atoms with van der Waals surface area (Å²) in [6.45, 7) is 0. The van der Waals surface area contributed by atoms with Crippen LogP contribution in [0.15, 0.2) is 0 Å². The molecule has 0 N–H and O–H groups in total. The largest absolute Gasteiger partial charge is 0.176 e. The van der Waals surface area contributed by atoms with Crippen LogP contribution in [0.3, 0.4) is 0 Å². The Balaban J connectivity index is 2.25. The summed E-state index contributed by atoms with van der Waals surface area (Å²) in [5.41, 5.74) is 0. The highest BCUT2D eigenvalue weighted by Crippen LogP contribution is 2.29. The highest BCUT2D eigenvalue weighted by molar-refractivity contribution is 7.83. The summed E-state index contributed by atoms with van der Waals surface area (Å²) >= 11 is 8.78. The zero-order valence-corrected chi connectivity index (χ0v) is 7.30. The van der Waals surface area contributed by atoms with Crippen molar-refractivity contribution >= 4 is 25.3 Å². The molecule has 1 aliphatic rings. The lowest BCUT2D eigenvalue weighted by molar-refractivity contribution is 0.723. The highest BCUT2D eigenvalue weighted by atomic mass is 32.1. The Hall–Kier alpha value is 0.700. The summed E-state index contributed by atoms with van der Waals surface area (Å²) in [6, 6.07) is 0. The summed E-state index contributed by atoms with van der Waals surface area (Å²) in [6.07, 6.45) is 6.17. The van der Waals surface area contributed by atoms with Gasteiger partial charge in [-0.05, 0) is 25.7 Å². The summed E-state index contributed by atoms with van der Waals surface area (Å²) in [7, 11) is 0. The number of hydrogen-bond donors (Lipinski definition) is 2. The minimum absolute atomic E-state index is 0.634.